The Bertz CT molecular complexity index is 564. The van der Waals surface area contributed by atoms with Gasteiger partial charge in [0, 0.05) is 13.1 Å². The van der Waals surface area contributed by atoms with E-state index in [9.17, 15) is 8.42 Å². The van der Waals surface area contributed by atoms with Gasteiger partial charge in [-0.3, -0.25) is 4.90 Å². The molecule has 0 saturated carbocycles. The number of rotatable bonds is 7. The summed E-state index contributed by atoms with van der Waals surface area (Å²) < 4.78 is 26.1. The van der Waals surface area contributed by atoms with Gasteiger partial charge in [-0.1, -0.05) is 38.1 Å². The molecule has 0 atom stereocenters. The first kappa shape index (κ1) is 17.4. The van der Waals surface area contributed by atoms with Crippen molar-refractivity contribution in [2.24, 2.45) is 5.92 Å². The highest BCUT2D eigenvalue weighted by atomic mass is 32.2. The molecule has 5 heteroatoms. The standard InChI is InChI=1S/C17H28N2O2S/c1-3-11-22(20,21)18-13-16-5-4-6-17(12-16)14-19-9-7-15(2)8-10-19/h4-6,12,15,18H,3,7-11,13-14H2,1-2H3. The second-order valence-corrected chi connectivity index (χ2v) is 8.35. The molecule has 0 unspecified atom stereocenters. The van der Waals surface area contributed by atoms with Crippen molar-refractivity contribution in [1.29, 1.82) is 0 Å². The number of nitrogens with zero attached hydrogens (tertiary/aromatic N) is 1. The Morgan fingerprint density at radius 2 is 1.91 bits per heavy atom. The van der Waals surface area contributed by atoms with Crippen molar-refractivity contribution >= 4 is 10.0 Å². The van der Waals surface area contributed by atoms with Crippen LogP contribution in [0.2, 0.25) is 0 Å². The van der Waals surface area contributed by atoms with E-state index in [4.69, 9.17) is 0 Å². The Hall–Kier alpha value is -0.910. The number of hydrogen-bond donors (Lipinski definition) is 1. The number of hydrogen-bond acceptors (Lipinski definition) is 3. The molecule has 22 heavy (non-hydrogen) atoms. The van der Waals surface area contributed by atoms with Gasteiger partial charge in [0.2, 0.25) is 10.0 Å². The van der Waals surface area contributed by atoms with E-state index < -0.39 is 10.0 Å². The third-order valence-electron chi connectivity index (χ3n) is 4.24. The number of nitrogens with one attached hydrogen (secondary N) is 1. The van der Waals surface area contributed by atoms with Crippen LogP contribution in [0.25, 0.3) is 0 Å². The molecule has 0 amide bonds. The van der Waals surface area contributed by atoms with E-state index in [0.29, 0.717) is 13.0 Å². The zero-order valence-corrected chi connectivity index (χ0v) is 14.5. The lowest BCUT2D eigenvalue weighted by Gasteiger charge is -2.30. The Labute approximate surface area is 135 Å². The highest BCUT2D eigenvalue weighted by Gasteiger charge is 2.15. The monoisotopic (exact) mass is 324 g/mol. The summed E-state index contributed by atoms with van der Waals surface area (Å²) in [4.78, 5) is 2.49. The second kappa shape index (κ2) is 8.09. The molecule has 4 nitrogen and oxygen atoms in total. The van der Waals surface area contributed by atoms with Crippen molar-refractivity contribution in [3.63, 3.8) is 0 Å². The molecule has 1 heterocycles. The molecule has 1 aliphatic heterocycles. The Balaban J connectivity index is 1.90. The number of benzene rings is 1. The summed E-state index contributed by atoms with van der Waals surface area (Å²) in [7, 11) is -3.14. The number of piperidine rings is 1. The first-order valence-corrected chi connectivity index (χ1v) is 9.91. The maximum atomic E-state index is 11.7. The van der Waals surface area contributed by atoms with Crippen LogP contribution in [0.5, 0.6) is 0 Å². The molecular formula is C17H28N2O2S. The second-order valence-electron chi connectivity index (χ2n) is 6.42. The van der Waals surface area contributed by atoms with Gasteiger partial charge in [-0.05, 0) is 49.4 Å². The molecule has 0 aliphatic carbocycles. The third-order valence-corrected chi connectivity index (χ3v) is 5.77. The van der Waals surface area contributed by atoms with Gasteiger partial charge >= 0.3 is 0 Å². The summed E-state index contributed by atoms with van der Waals surface area (Å²) in [6.45, 7) is 7.86. The topological polar surface area (TPSA) is 49.4 Å². The lowest BCUT2D eigenvalue weighted by Crippen LogP contribution is -2.32. The number of sulfonamides is 1. The minimum absolute atomic E-state index is 0.193. The molecule has 1 aliphatic rings. The molecule has 0 aromatic heterocycles. The molecule has 0 bridgehead atoms. The van der Waals surface area contributed by atoms with Gasteiger partial charge in [0.1, 0.15) is 0 Å². The van der Waals surface area contributed by atoms with Crippen LogP contribution in [-0.4, -0.2) is 32.2 Å². The van der Waals surface area contributed by atoms with Gasteiger partial charge in [-0.15, -0.1) is 0 Å². The fourth-order valence-electron chi connectivity index (χ4n) is 2.85. The van der Waals surface area contributed by atoms with E-state index in [-0.39, 0.29) is 5.75 Å². The number of likely N-dealkylation sites (tertiary alicyclic amines) is 1. The zero-order chi connectivity index (χ0) is 16.0. The van der Waals surface area contributed by atoms with Crippen LogP contribution < -0.4 is 4.72 Å². The summed E-state index contributed by atoms with van der Waals surface area (Å²) in [5.74, 6) is 1.04. The van der Waals surface area contributed by atoms with Crippen LogP contribution in [0.15, 0.2) is 24.3 Å². The molecule has 0 spiro atoms. The zero-order valence-electron chi connectivity index (χ0n) is 13.7. The van der Waals surface area contributed by atoms with Crippen molar-refractivity contribution in [2.75, 3.05) is 18.8 Å². The van der Waals surface area contributed by atoms with Gasteiger partial charge in [-0.25, -0.2) is 13.1 Å². The largest absolute Gasteiger partial charge is 0.299 e. The first-order chi connectivity index (χ1) is 10.5. The van der Waals surface area contributed by atoms with Crippen LogP contribution in [0.1, 0.15) is 44.2 Å². The summed E-state index contributed by atoms with van der Waals surface area (Å²) in [6.07, 6.45) is 3.19. The molecule has 1 aromatic carbocycles. The van der Waals surface area contributed by atoms with Gasteiger partial charge < -0.3 is 0 Å². The Morgan fingerprint density at radius 3 is 2.59 bits per heavy atom. The molecule has 1 aromatic rings. The average molecular weight is 324 g/mol. The van der Waals surface area contributed by atoms with Crippen LogP contribution >= 0.6 is 0 Å². The predicted molar refractivity (Wildman–Crippen MR) is 91.0 cm³/mol. The maximum Gasteiger partial charge on any atom is 0.211 e. The fraction of sp³-hybridized carbons (Fsp3) is 0.647. The fourth-order valence-corrected chi connectivity index (χ4v) is 3.92. The van der Waals surface area contributed by atoms with Crippen LogP contribution in [0, 0.1) is 5.92 Å². The summed E-state index contributed by atoms with van der Waals surface area (Å²) >= 11 is 0. The molecule has 1 fully saturated rings. The van der Waals surface area contributed by atoms with E-state index in [2.05, 4.69) is 28.7 Å². The van der Waals surface area contributed by atoms with Gasteiger partial charge in [0.15, 0.2) is 0 Å². The van der Waals surface area contributed by atoms with Crippen molar-refractivity contribution < 1.29 is 8.42 Å². The van der Waals surface area contributed by atoms with Crippen LogP contribution in [0.3, 0.4) is 0 Å². The van der Waals surface area contributed by atoms with Gasteiger partial charge in [0.05, 0.1) is 5.75 Å². The van der Waals surface area contributed by atoms with Crippen molar-refractivity contribution in [3.8, 4) is 0 Å². The summed E-state index contributed by atoms with van der Waals surface area (Å²) in [5.41, 5.74) is 2.30. The van der Waals surface area contributed by atoms with Crippen LogP contribution in [0.4, 0.5) is 0 Å². The van der Waals surface area contributed by atoms with E-state index >= 15 is 0 Å². The van der Waals surface area contributed by atoms with Gasteiger partial charge in [0.25, 0.3) is 0 Å². The average Bonchev–Trinajstić information content (AvgIpc) is 2.48. The lowest BCUT2D eigenvalue weighted by molar-refractivity contribution is 0.185. The molecule has 2 rings (SSSR count). The molecule has 1 saturated heterocycles. The maximum absolute atomic E-state index is 11.7. The smallest absolute Gasteiger partial charge is 0.211 e. The quantitative estimate of drug-likeness (QED) is 0.839. The van der Waals surface area contributed by atoms with E-state index in [1.807, 2.05) is 19.1 Å². The lowest BCUT2D eigenvalue weighted by atomic mass is 9.98. The third kappa shape index (κ3) is 5.71. The van der Waals surface area contributed by atoms with E-state index in [1.165, 1.54) is 18.4 Å². The Morgan fingerprint density at radius 1 is 1.23 bits per heavy atom. The SMILES string of the molecule is CCCS(=O)(=O)NCc1cccc(CN2CCC(C)CC2)c1. The van der Waals surface area contributed by atoms with Crippen molar-refractivity contribution in [2.45, 2.75) is 46.2 Å². The summed E-state index contributed by atoms with van der Waals surface area (Å²) in [5, 5.41) is 0. The minimum Gasteiger partial charge on any atom is -0.299 e. The van der Waals surface area contributed by atoms with E-state index in [1.54, 1.807) is 0 Å². The normalized spacial score (nSPS) is 17.7. The molecule has 0 radical (unpaired) electrons. The van der Waals surface area contributed by atoms with E-state index in [0.717, 1.165) is 31.1 Å². The summed E-state index contributed by atoms with van der Waals surface area (Å²) in [6, 6.07) is 8.25. The van der Waals surface area contributed by atoms with Crippen molar-refractivity contribution in [3.05, 3.63) is 35.4 Å². The van der Waals surface area contributed by atoms with Crippen LogP contribution in [-0.2, 0) is 23.1 Å². The highest BCUT2D eigenvalue weighted by molar-refractivity contribution is 7.89. The molecule has 1 N–H and O–H groups in total. The minimum atomic E-state index is -3.14. The predicted octanol–water partition coefficient (Wildman–Crippen LogP) is 2.75. The molecular weight excluding hydrogens is 296 g/mol. The van der Waals surface area contributed by atoms with Gasteiger partial charge in [-0.2, -0.15) is 0 Å². The molecule has 124 valence electrons. The van der Waals surface area contributed by atoms with Crippen molar-refractivity contribution in [1.82, 2.24) is 9.62 Å². The Kier molecular flexibility index (Phi) is 6.41. The first-order valence-electron chi connectivity index (χ1n) is 8.26. The highest BCUT2D eigenvalue weighted by Crippen LogP contribution is 2.18.